The van der Waals surface area contributed by atoms with E-state index in [-0.39, 0.29) is 37.4 Å². The summed E-state index contributed by atoms with van der Waals surface area (Å²) in [6.45, 7) is 26.0. The number of hydrogen-bond donors (Lipinski definition) is 0. The van der Waals surface area contributed by atoms with Crippen LogP contribution in [0.2, 0.25) is 38.3 Å². The zero-order valence-corrected chi connectivity index (χ0v) is 51.7. The smallest absolute Gasteiger partial charge is 0.121 e. The standard InChI is InChI=1S/C57H53N2OSi2.C14H15N2.Ir/c1-35(2)46-31-42(38-22-20-37(21-23-38)40-26-27-53-54(33-40)62(7,8)29-28-61(53,5)6)32-47(36(3)4)55(46)59-51-19-12-11-18-50(51)58-57(59)45-17-13-16-44-49-30-41-25-24-39-14-9-10-15-43(39)48(41)34-52(49)60-56(44)45;1-14(2,3)12-9-10-15-13(16-12)11-7-5-4-6-8-11;/h9-16,18-27,30-36H,28-29H2,1-8H3;4-7,9-10H,1-3H3;/q2*-1;. The molecule has 397 valence electrons. The van der Waals surface area contributed by atoms with E-state index in [1.54, 1.807) is 10.4 Å². The monoisotopic (exact) mass is 1240 g/mol. The fraction of sp³-hybridized carbons (Fsp3) is 0.225. The van der Waals surface area contributed by atoms with Gasteiger partial charge in [0, 0.05) is 48.5 Å². The van der Waals surface area contributed by atoms with E-state index in [0.717, 1.165) is 61.4 Å². The van der Waals surface area contributed by atoms with Crippen molar-refractivity contribution in [3.8, 4) is 50.7 Å². The number of hydrogen-bond acceptors (Lipinski definition) is 4. The number of rotatable bonds is 7. The van der Waals surface area contributed by atoms with E-state index in [1.807, 2.05) is 42.6 Å². The van der Waals surface area contributed by atoms with Crippen molar-refractivity contribution in [3.63, 3.8) is 0 Å². The van der Waals surface area contributed by atoms with E-state index in [9.17, 15) is 0 Å². The van der Waals surface area contributed by atoms with Crippen molar-refractivity contribution >= 4 is 81.0 Å². The summed E-state index contributed by atoms with van der Waals surface area (Å²) in [7, 11) is -2.84. The molecule has 0 saturated heterocycles. The van der Waals surface area contributed by atoms with Gasteiger partial charge in [-0.15, -0.1) is 54.1 Å². The van der Waals surface area contributed by atoms with Crippen LogP contribution in [0.25, 0.3) is 105 Å². The van der Waals surface area contributed by atoms with Gasteiger partial charge in [0.1, 0.15) is 5.58 Å². The van der Waals surface area contributed by atoms with Crippen molar-refractivity contribution in [1.29, 1.82) is 0 Å². The summed E-state index contributed by atoms with van der Waals surface area (Å²) >= 11 is 0. The third-order valence-corrected chi connectivity index (χ3v) is 24.0. The predicted molar refractivity (Wildman–Crippen MR) is 336 cm³/mol. The number of furan rings is 1. The molecular weight excluding hydrogens is 1170 g/mol. The first-order chi connectivity index (χ1) is 37.4. The minimum Gasteiger partial charge on any atom is -0.501 e. The summed E-state index contributed by atoms with van der Waals surface area (Å²) in [4.78, 5) is 14.3. The molecule has 0 aliphatic carbocycles. The van der Waals surface area contributed by atoms with Crippen molar-refractivity contribution < 1.29 is 24.5 Å². The maximum atomic E-state index is 6.92. The van der Waals surface area contributed by atoms with Crippen molar-refractivity contribution in [1.82, 2.24) is 19.5 Å². The Hall–Kier alpha value is -7.07. The van der Waals surface area contributed by atoms with Crippen LogP contribution in [-0.2, 0) is 25.5 Å². The minimum absolute atomic E-state index is 0. The van der Waals surface area contributed by atoms with Crippen LogP contribution in [0.15, 0.2) is 180 Å². The number of fused-ring (bicyclic) bond motifs is 8. The molecule has 5 nitrogen and oxygen atoms in total. The Balaban J connectivity index is 0.000000334. The van der Waals surface area contributed by atoms with Crippen molar-refractivity contribution in [2.45, 2.75) is 104 Å². The van der Waals surface area contributed by atoms with Gasteiger partial charge in [-0.25, -0.2) is 0 Å². The van der Waals surface area contributed by atoms with Gasteiger partial charge in [0.2, 0.25) is 0 Å². The van der Waals surface area contributed by atoms with Crippen molar-refractivity contribution in [2.75, 3.05) is 0 Å². The SMILES string of the molecule is CC(C)(C)c1ccnc(-c2[c-]cccc2)n1.CC(C)c1cc(-c2ccc(-c3ccc4c(c3)[Si](C)(C)CC[Si]4(C)C)cc2)cc(C(C)C)c1-n1c(-c2[c-]ccc3c2oc2cc4c(ccc5ccccc54)cc23)nc2ccccc21.[Ir]. The fourth-order valence-corrected chi connectivity index (χ4v) is 22.1. The summed E-state index contributed by atoms with van der Waals surface area (Å²) in [5.41, 5.74) is 15.5. The molecule has 3 aromatic heterocycles. The van der Waals surface area contributed by atoms with Crippen LogP contribution in [0.4, 0.5) is 0 Å². The van der Waals surface area contributed by atoms with Gasteiger partial charge in [-0.2, -0.15) is 0 Å². The molecule has 13 rings (SSSR count). The van der Waals surface area contributed by atoms with E-state index in [0.29, 0.717) is 0 Å². The van der Waals surface area contributed by atoms with Crippen LogP contribution in [0.3, 0.4) is 0 Å². The molecule has 0 amide bonds. The Morgan fingerprint density at radius 2 is 1.22 bits per heavy atom. The Morgan fingerprint density at radius 3 is 1.92 bits per heavy atom. The van der Waals surface area contributed by atoms with Crippen LogP contribution >= 0.6 is 0 Å². The maximum absolute atomic E-state index is 6.92. The van der Waals surface area contributed by atoms with Gasteiger partial charge in [0.05, 0.1) is 44.4 Å². The third kappa shape index (κ3) is 9.96. The van der Waals surface area contributed by atoms with E-state index in [2.05, 4.69) is 235 Å². The fourth-order valence-electron chi connectivity index (χ4n) is 11.9. The second-order valence-corrected chi connectivity index (χ2v) is 34.1. The molecule has 0 atom stereocenters. The molecule has 1 radical (unpaired) electrons. The number of nitrogens with zero attached hydrogens (tertiary/aromatic N) is 4. The van der Waals surface area contributed by atoms with Gasteiger partial charge >= 0.3 is 0 Å². The molecule has 4 heterocycles. The number of imidazole rings is 1. The zero-order valence-electron chi connectivity index (χ0n) is 47.3. The average Bonchev–Trinajstić information content (AvgIpc) is 4.22. The topological polar surface area (TPSA) is 56.7 Å². The molecule has 0 unspecified atom stereocenters. The van der Waals surface area contributed by atoms with Crippen LogP contribution in [0, 0.1) is 12.1 Å². The summed E-state index contributed by atoms with van der Waals surface area (Å²) in [6.07, 6.45) is 1.81. The molecule has 9 aromatic carbocycles. The van der Waals surface area contributed by atoms with E-state index < -0.39 is 16.1 Å². The molecule has 8 heteroatoms. The van der Waals surface area contributed by atoms with Gasteiger partial charge in [-0.1, -0.05) is 199 Å². The molecule has 1 aliphatic rings. The molecule has 0 fully saturated rings. The Bertz CT molecular complexity index is 4230. The molecule has 79 heavy (non-hydrogen) atoms. The van der Waals surface area contributed by atoms with E-state index >= 15 is 0 Å². The quantitative estimate of drug-likeness (QED) is 0.0906. The molecule has 0 N–H and O–H groups in total. The van der Waals surface area contributed by atoms with Crippen molar-refractivity contribution in [2.24, 2.45) is 0 Å². The van der Waals surface area contributed by atoms with Crippen LogP contribution in [0.1, 0.15) is 77.1 Å². The average molecular weight is 1240 g/mol. The third-order valence-electron chi connectivity index (χ3n) is 16.5. The van der Waals surface area contributed by atoms with E-state index in [1.165, 1.54) is 72.7 Å². The first-order valence-electron chi connectivity index (χ1n) is 27.8. The molecule has 0 spiro atoms. The van der Waals surface area contributed by atoms with Crippen molar-refractivity contribution in [3.05, 3.63) is 205 Å². The Labute approximate surface area is 481 Å². The summed E-state index contributed by atoms with van der Waals surface area (Å²) in [5.74, 6) is 2.08. The zero-order chi connectivity index (χ0) is 54.3. The minimum atomic E-state index is -1.45. The first kappa shape index (κ1) is 53.9. The van der Waals surface area contributed by atoms with E-state index in [4.69, 9.17) is 9.40 Å². The molecule has 1 aliphatic heterocycles. The molecule has 0 bridgehead atoms. The predicted octanol–water partition coefficient (Wildman–Crippen LogP) is 18.4. The normalized spacial score (nSPS) is 14.0. The maximum Gasteiger partial charge on any atom is 0.121 e. The van der Waals surface area contributed by atoms with Crippen LogP contribution in [-0.4, -0.2) is 35.7 Å². The molecule has 12 aromatic rings. The second kappa shape index (κ2) is 20.9. The number of para-hydroxylation sites is 2. The van der Waals surface area contributed by atoms with Crippen LogP contribution < -0.4 is 10.4 Å². The largest absolute Gasteiger partial charge is 0.501 e. The molecule has 0 saturated carbocycles. The summed E-state index contributed by atoms with van der Waals surface area (Å²) in [5, 5.41) is 10.4. The first-order valence-corrected chi connectivity index (χ1v) is 34.3. The number of benzene rings is 9. The molecular formula is C71H68IrN4OSi2-2. The van der Waals surface area contributed by atoms with Gasteiger partial charge in [0.25, 0.3) is 0 Å². The van der Waals surface area contributed by atoms with Gasteiger partial charge in [-0.05, 0) is 109 Å². The summed E-state index contributed by atoms with van der Waals surface area (Å²) < 4.78 is 9.32. The second-order valence-electron chi connectivity index (χ2n) is 24.5. The van der Waals surface area contributed by atoms with Gasteiger partial charge < -0.3 is 8.98 Å². The number of aromatic nitrogens is 4. The summed E-state index contributed by atoms with van der Waals surface area (Å²) in [6, 6.07) is 71.2. The van der Waals surface area contributed by atoms with Gasteiger partial charge in [0.15, 0.2) is 0 Å². The Kier molecular flexibility index (Phi) is 14.2. The van der Waals surface area contributed by atoms with Gasteiger partial charge in [-0.3, -0.25) is 15.0 Å². The Morgan fingerprint density at radius 1 is 0.557 bits per heavy atom. The van der Waals surface area contributed by atoms with Crippen LogP contribution in [0.5, 0.6) is 0 Å².